The molecule has 5 nitrogen and oxygen atoms in total. The number of aromatic nitrogens is 3. The third-order valence-electron chi connectivity index (χ3n) is 2.58. The first kappa shape index (κ1) is 11.4. The molecular weight excluding hydrogens is 216 g/mol. The lowest BCUT2D eigenvalue weighted by Crippen LogP contribution is -2.23. The van der Waals surface area contributed by atoms with E-state index in [-0.39, 0.29) is 0 Å². The molecule has 0 aliphatic carbocycles. The van der Waals surface area contributed by atoms with Gasteiger partial charge in [-0.05, 0) is 19.1 Å². The van der Waals surface area contributed by atoms with Crippen molar-refractivity contribution in [2.75, 3.05) is 18.6 Å². The number of methoxy groups -OCH3 is 1. The van der Waals surface area contributed by atoms with E-state index in [1.54, 1.807) is 19.6 Å². The molecule has 0 saturated heterocycles. The van der Waals surface area contributed by atoms with Crippen molar-refractivity contribution >= 4 is 5.69 Å². The van der Waals surface area contributed by atoms with Gasteiger partial charge in [0.05, 0.1) is 25.7 Å². The Bertz CT molecular complexity index is 455. The normalized spacial score (nSPS) is 10.2. The Balaban J connectivity index is 2.22. The molecule has 0 unspecified atom stereocenters. The number of imidazole rings is 1. The maximum Gasteiger partial charge on any atom is 0.237 e. The SMILES string of the molecule is CCN(Cc1cnc[nH]1)c1cccnc1OC. The lowest BCUT2D eigenvalue weighted by molar-refractivity contribution is 0.397. The quantitative estimate of drug-likeness (QED) is 0.854. The number of nitrogens with one attached hydrogen (secondary N) is 1. The highest BCUT2D eigenvalue weighted by molar-refractivity contribution is 5.54. The summed E-state index contributed by atoms with van der Waals surface area (Å²) in [5, 5.41) is 0. The van der Waals surface area contributed by atoms with Gasteiger partial charge in [0.25, 0.3) is 0 Å². The molecule has 5 heteroatoms. The third kappa shape index (κ3) is 2.55. The fourth-order valence-electron chi connectivity index (χ4n) is 1.72. The lowest BCUT2D eigenvalue weighted by Gasteiger charge is -2.23. The van der Waals surface area contributed by atoms with Crippen LogP contribution in [0.25, 0.3) is 0 Å². The van der Waals surface area contributed by atoms with Crippen LogP contribution >= 0.6 is 0 Å². The average molecular weight is 232 g/mol. The van der Waals surface area contributed by atoms with Crippen LogP contribution in [0.2, 0.25) is 0 Å². The van der Waals surface area contributed by atoms with Crippen molar-refractivity contribution in [2.45, 2.75) is 13.5 Å². The number of nitrogens with zero attached hydrogens (tertiary/aromatic N) is 3. The average Bonchev–Trinajstić information content (AvgIpc) is 2.89. The fourth-order valence-corrected chi connectivity index (χ4v) is 1.72. The number of hydrogen-bond donors (Lipinski definition) is 1. The Labute approximate surface area is 100 Å². The zero-order valence-corrected chi connectivity index (χ0v) is 10.1. The molecule has 2 heterocycles. The van der Waals surface area contributed by atoms with Crippen LogP contribution in [0.3, 0.4) is 0 Å². The number of H-pyrrole nitrogens is 1. The number of ether oxygens (including phenoxy) is 1. The van der Waals surface area contributed by atoms with Gasteiger partial charge in [-0.15, -0.1) is 0 Å². The molecule has 90 valence electrons. The van der Waals surface area contributed by atoms with Crippen LogP contribution in [-0.4, -0.2) is 28.6 Å². The van der Waals surface area contributed by atoms with Gasteiger partial charge in [0.1, 0.15) is 5.69 Å². The van der Waals surface area contributed by atoms with Gasteiger partial charge >= 0.3 is 0 Å². The highest BCUT2D eigenvalue weighted by atomic mass is 16.5. The van der Waals surface area contributed by atoms with Crippen molar-refractivity contribution < 1.29 is 4.74 Å². The molecule has 0 fully saturated rings. The molecule has 0 saturated carbocycles. The summed E-state index contributed by atoms with van der Waals surface area (Å²) in [6.45, 7) is 3.74. The third-order valence-corrected chi connectivity index (χ3v) is 2.58. The first-order valence-electron chi connectivity index (χ1n) is 5.56. The number of pyridine rings is 1. The minimum Gasteiger partial charge on any atom is -0.480 e. The van der Waals surface area contributed by atoms with Crippen LogP contribution in [0, 0.1) is 0 Å². The van der Waals surface area contributed by atoms with Gasteiger partial charge in [0.2, 0.25) is 5.88 Å². The molecule has 0 radical (unpaired) electrons. The zero-order chi connectivity index (χ0) is 12.1. The summed E-state index contributed by atoms with van der Waals surface area (Å²) in [4.78, 5) is 13.5. The van der Waals surface area contributed by atoms with Gasteiger partial charge in [0, 0.05) is 18.9 Å². The van der Waals surface area contributed by atoms with E-state index in [0.29, 0.717) is 5.88 Å². The van der Waals surface area contributed by atoms with E-state index in [2.05, 4.69) is 26.8 Å². The molecule has 2 aromatic rings. The van der Waals surface area contributed by atoms with Crippen LogP contribution in [-0.2, 0) is 6.54 Å². The van der Waals surface area contributed by atoms with Gasteiger partial charge in [0.15, 0.2) is 0 Å². The highest BCUT2D eigenvalue weighted by Gasteiger charge is 2.11. The molecule has 17 heavy (non-hydrogen) atoms. The molecule has 0 spiro atoms. The first-order valence-corrected chi connectivity index (χ1v) is 5.56. The Morgan fingerprint density at radius 1 is 1.47 bits per heavy atom. The smallest absolute Gasteiger partial charge is 0.237 e. The zero-order valence-electron chi connectivity index (χ0n) is 10.1. The summed E-state index contributed by atoms with van der Waals surface area (Å²) in [7, 11) is 1.63. The second-order valence-electron chi connectivity index (χ2n) is 3.62. The second-order valence-corrected chi connectivity index (χ2v) is 3.62. The van der Waals surface area contributed by atoms with E-state index >= 15 is 0 Å². The van der Waals surface area contributed by atoms with E-state index in [9.17, 15) is 0 Å². The number of aromatic amines is 1. The summed E-state index contributed by atoms with van der Waals surface area (Å²) >= 11 is 0. The number of anilines is 1. The molecule has 0 bridgehead atoms. The largest absolute Gasteiger partial charge is 0.480 e. The van der Waals surface area contributed by atoms with Crippen LogP contribution in [0.4, 0.5) is 5.69 Å². The number of rotatable bonds is 5. The summed E-state index contributed by atoms with van der Waals surface area (Å²) in [5.74, 6) is 0.647. The van der Waals surface area contributed by atoms with E-state index in [4.69, 9.17) is 4.74 Å². The lowest BCUT2D eigenvalue weighted by atomic mass is 10.3. The summed E-state index contributed by atoms with van der Waals surface area (Å²) in [6.07, 6.45) is 5.24. The van der Waals surface area contributed by atoms with E-state index in [1.807, 2.05) is 18.3 Å². The molecule has 2 aromatic heterocycles. The van der Waals surface area contributed by atoms with Crippen LogP contribution in [0.1, 0.15) is 12.6 Å². The predicted octanol–water partition coefficient (Wildman–Crippen LogP) is 1.84. The standard InChI is InChI=1S/C12H16N4O/c1-3-16(8-10-7-13-9-15-10)11-5-4-6-14-12(11)17-2/h4-7,9H,3,8H2,1-2H3,(H,13,15). The van der Waals surface area contributed by atoms with Gasteiger partial charge in [-0.25, -0.2) is 9.97 Å². The minimum atomic E-state index is 0.647. The molecule has 2 rings (SSSR count). The molecule has 0 atom stereocenters. The van der Waals surface area contributed by atoms with Crippen LogP contribution in [0.5, 0.6) is 5.88 Å². The minimum absolute atomic E-state index is 0.647. The van der Waals surface area contributed by atoms with E-state index in [1.165, 1.54) is 0 Å². The Morgan fingerprint density at radius 3 is 3.00 bits per heavy atom. The van der Waals surface area contributed by atoms with E-state index < -0.39 is 0 Å². The summed E-state index contributed by atoms with van der Waals surface area (Å²) in [5.41, 5.74) is 2.06. The van der Waals surface area contributed by atoms with Gasteiger partial charge in [-0.2, -0.15) is 0 Å². The van der Waals surface area contributed by atoms with Crippen LogP contribution in [0.15, 0.2) is 30.9 Å². The Morgan fingerprint density at radius 2 is 2.35 bits per heavy atom. The van der Waals surface area contributed by atoms with Crippen molar-refractivity contribution in [3.05, 3.63) is 36.5 Å². The van der Waals surface area contributed by atoms with Crippen molar-refractivity contribution in [1.82, 2.24) is 15.0 Å². The predicted molar refractivity (Wildman–Crippen MR) is 66.1 cm³/mol. The van der Waals surface area contributed by atoms with Crippen molar-refractivity contribution in [3.8, 4) is 5.88 Å². The van der Waals surface area contributed by atoms with Gasteiger partial charge in [-0.1, -0.05) is 0 Å². The number of hydrogen-bond acceptors (Lipinski definition) is 4. The Hall–Kier alpha value is -2.04. The monoisotopic (exact) mass is 232 g/mol. The molecule has 0 aliphatic rings. The van der Waals surface area contributed by atoms with Gasteiger partial charge in [-0.3, -0.25) is 0 Å². The Kier molecular flexibility index (Phi) is 3.59. The van der Waals surface area contributed by atoms with Crippen molar-refractivity contribution in [3.63, 3.8) is 0 Å². The van der Waals surface area contributed by atoms with Crippen molar-refractivity contribution in [2.24, 2.45) is 0 Å². The molecule has 0 aromatic carbocycles. The van der Waals surface area contributed by atoms with Crippen LogP contribution < -0.4 is 9.64 Å². The summed E-state index contributed by atoms with van der Waals surface area (Å²) in [6, 6.07) is 3.92. The second kappa shape index (κ2) is 5.34. The fraction of sp³-hybridized carbons (Fsp3) is 0.333. The van der Waals surface area contributed by atoms with Crippen molar-refractivity contribution in [1.29, 1.82) is 0 Å². The topological polar surface area (TPSA) is 54.0 Å². The molecular formula is C12H16N4O. The molecule has 1 N–H and O–H groups in total. The van der Waals surface area contributed by atoms with E-state index in [0.717, 1.165) is 24.5 Å². The maximum atomic E-state index is 5.27. The maximum absolute atomic E-state index is 5.27. The molecule has 0 aliphatic heterocycles. The first-order chi connectivity index (χ1) is 8.35. The van der Waals surface area contributed by atoms with Gasteiger partial charge < -0.3 is 14.6 Å². The highest BCUT2D eigenvalue weighted by Crippen LogP contribution is 2.25. The summed E-state index contributed by atoms with van der Waals surface area (Å²) < 4.78 is 5.27. The molecule has 0 amide bonds.